The first-order chi connectivity index (χ1) is 11.1. The van der Waals surface area contributed by atoms with Crippen molar-refractivity contribution in [1.29, 1.82) is 0 Å². The molecule has 1 atom stereocenters. The maximum Gasteiger partial charge on any atom is 0.305 e. The molecule has 0 radical (unpaired) electrons. The van der Waals surface area contributed by atoms with E-state index in [0.717, 1.165) is 0 Å². The Morgan fingerprint density at radius 1 is 1.48 bits per heavy atom. The molecule has 2 rings (SSSR count). The summed E-state index contributed by atoms with van der Waals surface area (Å²) in [6, 6.07) is 3.57. The fourth-order valence-corrected chi connectivity index (χ4v) is 2.51. The average molecular weight is 322 g/mol. The van der Waals surface area contributed by atoms with Gasteiger partial charge < -0.3 is 19.4 Å². The zero-order valence-corrected chi connectivity index (χ0v) is 13.2. The van der Waals surface area contributed by atoms with Crippen molar-refractivity contribution in [3.8, 4) is 0 Å². The van der Waals surface area contributed by atoms with E-state index in [4.69, 9.17) is 9.15 Å². The van der Waals surface area contributed by atoms with Gasteiger partial charge in [0.2, 0.25) is 11.8 Å². The van der Waals surface area contributed by atoms with Crippen LogP contribution in [0.15, 0.2) is 22.8 Å². The summed E-state index contributed by atoms with van der Waals surface area (Å²) in [7, 11) is 0. The molecular weight excluding hydrogens is 300 g/mol. The molecule has 0 aliphatic carbocycles. The number of nitrogens with one attached hydrogen (secondary N) is 1. The van der Waals surface area contributed by atoms with E-state index in [0.29, 0.717) is 38.4 Å². The van der Waals surface area contributed by atoms with Gasteiger partial charge in [-0.05, 0) is 25.5 Å². The second-order valence-corrected chi connectivity index (χ2v) is 5.45. The molecule has 2 heterocycles. The highest BCUT2D eigenvalue weighted by Gasteiger charge is 2.34. The highest BCUT2D eigenvalue weighted by molar-refractivity contribution is 5.89. The van der Waals surface area contributed by atoms with Crippen LogP contribution in [0.1, 0.15) is 31.9 Å². The number of hydrogen-bond acceptors (Lipinski definition) is 5. The van der Waals surface area contributed by atoms with E-state index in [1.165, 1.54) is 0 Å². The van der Waals surface area contributed by atoms with Crippen molar-refractivity contribution in [2.24, 2.45) is 5.92 Å². The lowest BCUT2D eigenvalue weighted by molar-refractivity contribution is -0.143. The van der Waals surface area contributed by atoms with Crippen LogP contribution < -0.4 is 5.32 Å². The summed E-state index contributed by atoms with van der Waals surface area (Å²) >= 11 is 0. The van der Waals surface area contributed by atoms with Gasteiger partial charge in [-0.2, -0.15) is 0 Å². The van der Waals surface area contributed by atoms with E-state index < -0.39 is 0 Å². The highest BCUT2D eigenvalue weighted by atomic mass is 16.5. The van der Waals surface area contributed by atoms with Gasteiger partial charge in [-0.25, -0.2) is 0 Å². The van der Waals surface area contributed by atoms with Gasteiger partial charge in [0.15, 0.2) is 0 Å². The summed E-state index contributed by atoms with van der Waals surface area (Å²) in [4.78, 5) is 36.8. The van der Waals surface area contributed by atoms with Gasteiger partial charge in [-0.15, -0.1) is 0 Å². The van der Waals surface area contributed by atoms with E-state index in [-0.39, 0.29) is 36.5 Å². The molecule has 0 aromatic carbocycles. The predicted octanol–water partition coefficient (Wildman–Crippen LogP) is 1.09. The Hall–Kier alpha value is -2.31. The SMILES string of the molecule is CCOC(=O)CCCNC(=O)C1CC(=O)N(Cc2ccco2)C1. The van der Waals surface area contributed by atoms with Crippen LogP contribution in [0.2, 0.25) is 0 Å². The third kappa shape index (κ3) is 5.12. The van der Waals surface area contributed by atoms with Crippen molar-refractivity contribution in [3.05, 3.63) is 24.2 Å². The van der Waals surface area contributed by atoms with Crippen molar-refractivity contribution < 1.29 is 23.5 Å². The third-order valence-corrected chi connectivity index (χ3v) is 3.67. The number of carbonyl (C=O) groups is 3. The van der Waals surface area contributed by atoms with Crippen LogP contribution in [0.3, 0.4) is 0 Å². The summed E-state index contributed by atoms with van der Waals surface area (Å²) < 4.78 is 10.0. The van der Waals surface area contributed by atoms with Crippen LogP contribution in [0.25, 0.3) is 0 Å². The number of ether oxygens (including phenoxy) is 1. The summed E-state index contributed by atoms with van der Waals surface area (Å²) in [5.41, 5.74) is 0. The lowest BCUT2D eigenvalue weighted by atomic mass is 10.1. The van der Waals surface area contributed by atoms with Crippen LogP contribution in [-0.4, -0.2) is 42.4 Å². The zero-order chi connectivity index (χ0) is 16.7. The second kappa shape index (κ2) is 8.36. The van der Waals surface area contributed by atoms with Gasteiger partial charge in [0.05, 0.1) is 25.3 Å². The van der Waals surface area contributed by atoms with E-state index in [1.807, 2.05) is 0 Å². The highest BCUT2D eigenvalue weighted by Crippen LogP contribution is 2.20. The largest absolute Gasteiger partial charge is 0.467 e. The van der Waals surface area contributed by atoms with Gasteiger partial charge in [0.25, 0.3) is 0 Å². The molecule has 0 bridgehead atoms. The van der Waals surface area contributed by atoms with Crippen molar-refractivity contribution >= 4 is 17.8 Å². The molecule has 2 amide bonds. The van der Waals surface area contributed by atoms with Gasteiger partial charge in [-0.1, -0.05) is 0 Å². The Balaban J connectivity index is 1.69. The molecule has 7 heteroatoms. The van der Waals surface area contributed by atoms with Crippen molar-refractivity contribution in [2.75, 3.05) is 19.7 Å². The Morgan fingerprint density at radius 2 is 2.30 bits per heavy atom. The monoisotopic (exact) mass is 322 g/mol. The van der Waals surface area contributed by atoms with Crippen molar-refractivity contribution in [3.63, 3.8) is 0 Å². The Kier molecular flexibility index (Phi) is 6.19. The maximum absolute atomic E-state index is 12.1. The van der Waals surface area contributed by atoms with E-state index >= 15 is 0 Å². The number of rotatable bonds is 8. The van der Waals surface area contributed by atoms with Crippen molar-refractivity contribution in [1.82, 2.24) is 10.2 Å². The minimum atomic E-state index is -0.347. The average Bonchev–Trinajstić information content (AvgIpc) is 3.15. The van der Waals surface area contributed by atoms with Crippen LogP contribution >= 0.6 is 0 Å². The van der Waals surface area contributed by atoms with E-state index in [1.54, 1.807) is 30.2 Å². The quantitative estimate of drug-likeness (QED) is 0.571. The summed E-state index contributed by atoms with van der Waals surface area (Å²) in [6.45, 7) is 3.30. The van der Waals surface area contributed by atoms with Gasteiger partial charge in [0, 0.05) is 25.9 Å². The molecule has 1 saturated heterocycles. The Bertz CT molecular complexity index is 541. The molecule has 1 aliphatic heterocycles. The molecule has 1 unspecified atom stereocenters. The molecule has 1 N–H and O–H groups in total. The first kappa shape index (κ1) is 17.1. The molecule has 23 heavy (non-hydrogen) atoms. The van der Waals surface area contributed by atoms with Gasteiger partial charge in [-0.3, -0.25) is 14.4 Å². The minimum absolute atomic E-state index is 0.0481. The van der Waals surface area contributed by atoms with E-state index in [2.05, 4.69) is 5.32 Å². The molecule has 1 fully saturated rings. The smallest absolute Gasteiger partial charge is 0.305 e. The second-order valence-electron chi connectivity index (χ2n) is 5.45. The molecule has 1 aromatic heterocycles. The molecular formula is C16H22N2O5. The number of nitrogens with zero attached hydrogens (tertiary/aromatic N) is 1. The van der Waals surface area contributed by atoms with Crippen LogP contribution in [0, 0.1) is 5.92 Å². The molecule has 126 valence electrons. The fraction of sp³-hybridized carbons (Fsp3) is 0.562. The summed E-state index contributed by atoms with van der Waals surface area (Å²) in [5.74, 6) is -0.103. The fourth-order valence-electron chi connectivity index (χ4n) is 2.51. The first-order valence-corrected chi connectivity index (χ1v) is 7.83. The molecule has 1 aromatic rings. The Labute approximate surface area is 135 Å². The lowest BCUT2D eigenvalue weighted by Crippen LogP contribution is -2.33. The van der Waals surface area contributed by atoms with Crippen LogP contribution in [0.5, 0.6) is 0 Å². The number of likely N-dealkylation sites (tertiary alicyclic amines) is 1. The summed E-state index contributed by atoms with van der Waals surface area (Å²) in [6.07, 6.45) is 2.58. The number of hydrogen-bond donors (Lipinski definition) is 1. The number of amides is 2. The van der Waals surface area contributed by atoms with Crippen LogP contribution in [-0.2, 0) is 25.7 Å². The zero-order valence-electron chi connectivity index (χ0n) is 13.2. The lowest BCUT2D eigenvalue weighted by Gasteiger charge is -2.15. The predicted molar refractivity (Wildman–Crippen MR) is 81.1 cm³/mol. The maximum atomic E-state index is 12.1. The number of esters is 1. The third-order valence-electron chi connectivity index (χ3n) is 3.67. The molecule has 0 saturated carbocycles. The first-order valence-electron chi connectivity index (χ1n) is 7.83. The van der Waals surface area contributed by atoms with Crippen LogP contribution in [0.4, 0.5) is 0 Å². The normalized spacial score (nSPS) is 17.3. The van der Waals surface area contributed by atoms with Gasteiger partial charge >= 0.3 is 5.97 Å². The van der Waals surface area contributed by atoms with Crippen molar-refractivity contribution in [2.45, 2.75) is 32.7 Å². The summed E-state index contributed by atoms with van der Waals surface area (Å²) in [5, 5.41) is 2.77. The number of carbonyl (C=O) groups excluding carboxylic acids is 3. The molecule has 7 nitrogen and oxygen atoms in total. The molecule has 1 aliphatic rings. The standard InChI is InChI=1S/C16H22N2O5/c1-2-22-15(20)6-3-7-17-16(21)12-9-14(19)18(10-12)11-13-5-4-8-23-13/h4-5,8,12H,2-3,6-7,9-11H2,1H3,(H,17,21). The van der Waals surface area contributed by atoms with Gasteiger partial charge in [0.1, 0.15) is 5.76 Å². The molecule has 0 spiro atoms. The topological polar surface area (TPSA) is 88.8 Å². The Morgan fingerprint density at radius 3 is 3.00 bits per heavy atom. The minimum Gasteiger partial charge on any atom is -0.467 e. The van der Waals surface area contributed by atoms with E-state index in [9.17, 15) is 14.4 Å². The number of furan rings is 1.